The molecule has 7 heteroatoms. The molecule has 0 fully saturated rings. The van der Waals surface area contributed by atoms with Gasteiger partial charge in [0.25, 0.3) is 10.0 Å². The maximum absolute atomic E-state index is 13.1. The molecule has 1 radical (unpaired) electrons. The maximum atomic E-state index is 13.1. The van der Waals surface area contributed by atoms with E-state index in [9.17, 15) is 8.42 Å². The van der Waals surface area contributed by atoms with Crippen LogP contribution in [0.4, 0.5) is 11.4 Å². The Morgan fingerprint density at radius 3 is 2.50 bits per heavy atom. The van der Waals surface area contributed by atoms with Crippen molar-refractivity contribution >= 4 is 37.3 Å². The molecule has 0 saturated carbocycles. The zero-order chi connectivity index (χ0) is 21.6. The Hall–Kier alpha value is -2.51. The lowest BCUT2D eigenvalue weighted by Crippen LogP contribution is -2.22. The summed E-state index contributed by atoms with van der Waals surface area (Å²) in [5.74, 6) is 0.313. The second-order valence-electron chi connectivity index (χ2n) is 6.59. The Bertz CT molecular complexity index is 1090. The summed E-state index contributed by atoms with van der Waals surface area (Å²) in [7, 11) is -3.84. The van der Waals surface area contributed by atoms with Crippen molar-refractivity contribution in [1.29, 1.82) is 0 Å². The molecule has 0 atom stereocenters. The molecule has 0 spiro atoms. The van der Waals surface area contributed by atoms with E-state index < -0.39 is 10.0 Å². The zero-order valence-corrected chi connectivity index (χ0v) is 19.1. The van der Waals surface area contributed by atoms with Crippen LogP contribution in [0.2, 0.25) is 0 Å². The van der Waals surface area contributed by atoms with Crippen molar-refractivity contribution in [1.82, 2.24) is 0 Å². The van der Waals surface area contributed by atoms with Gasteiger partial charge in [0.15, 0.2) is 0 Å². The van der Waals surface area contributed by atoms with Gasteiger partial charge in [0.1, 0.15) is 10.6 Å². The number of sulfonamides is 1. The lowest BCUT2D eigenvalue weighted by molar-refractivity contribution is 0.331. The summed E-state index contributed by atoms with van der Waals surface area (Å²) in [6.07, 6.45) is 0. The van der Waals surface area contributed by atoms with Gasteiger partial charge in [-0.1, -0.05) is 52.3 Å². The van der Waals surface area contributed by atoms with Crippen molar-refractivity contribution in [3.05, 3.63) is 89.8 Å². The molecule has 0 aliphatic carbocycles. The summed E-state index contributed by atoms with van der Waals surface area (Å²) >= 11 is 3.34. The van der Waals surface area contributed by atoms with Crippen LogP contribution in [0.25, 0.3) is 0 Å². The smallest absolute Gasteiger partial charge is 0.265 e. The van der Waals surface area contributed by atoms with E-state index >= 15 is 0 Å². The average molecular weight is 488 g/mol. The molecule has 0 bridgehead atoms. The molecule has 0 aromatic heterocycles. The molecular formula is C23H24BrN2O3S. The summed E-state index contributed by atoms with van der Waals surface area (Å²) in [6, 6.07) is 22.3. The van der Waals surface area contributed by atoms with Gasteiger partial charge in [0.05, 0.1) is 12.3 Å². The van der Waals surface area contributed by atoms with E-state index in [4.69, 9.17) is 4.74 Å². The van der Waals surface area contributed by atoms with Gasteiger partial charge in [-0.25, -0.2) is 8.42 Å². The van der Waals surface area contributed by atoms with Crippen LogP contribution in [-0.2, 0) is 16.6 Å². The molecule has 0 aliphatic rings. The van der Waals surface area contributed by atoms with Crippen molar-refractivity contribution in [2.24, 2.45) is 0 Å². The monoisotopic (exact) mass is 487 g/mol. The number of ether oxygens (including phenoxy) is 1. The van der Waals surface area contributed by atoms with Crippen LogP contribution < -0.4 is 14.4 Å². The van der Waals surface area contributed by atoms with Crippen molar-refractivity contribution in [2.45, 2.75) is 18.4 Å². The maximum Gasteiger partial charge on any atom is 0.265 e. The van der Waals surface area contributed by atoms with E-state index in [2.05, 4.69) is 44.6 Å². The molecule has 1 N–H and O–H groups in total. The van der Waals surface area contributed by atoms with Crippen molar-refractivity contribution in [3.8, 4) is 5.75 Å². The topological polar surface area (TPSA) is 58.6 Å². The Labute approximate surface area is 186 Å². The molecule has 3 aromatic rings. The van der Waals surface area contributed by atoms with E-state index in [1.165, 1.54) is 6.07 Å². The molecule has 157 valence electrons. The van der Waals surface area contributed by atoms with Gasteiger partial charge >= 0.3 is 0 Å². The number of hydrogen-bond acceptors (Lipinski definition) is 4. The third-order valence-corrected chi connectivity index (χ3v) is 6.34. The number of halogens is 1. The van der Waals surface area contributed by atoms with Crippen LogP contribution in [0, 0.1) is 6.92 Å². The number of hydrogen-bond donors (Lipinski definition) is 1. The highest BCUT2D eigenvalue weighted by molar-refractivity contribution is 9.10. The van der Waals surface area contributed by atoms with Crippen LogP contribution in [-0.4, -0.2) is 21.6 Å². The standard InChI is InChI=1S/C23H24BrN2O3S/c1-3-26(17-18-9-6-5-7-10-18)21-12-8-11-20(16-21)25-30(27,28)23-15-19(24)13-14-22(23)29-4-2/h5-16,25H,1,3-4,17H2,2H3. The molecule has 3 rings (SSSR count). The fourth-order valence-corrected chi connectivity index (χ4v) is 4.78. The molecule has 0 saturated heterocycles. The molecular weight excluding hydrogens is 464 g/mol. The summed E-state index contributed by atoms with van der Waals surface area (Å²) in [6.45, 7) is 7.43. The second-order valence-corrected chi connectivity index (χ2v) is 9.15. The largest absolute Gasteiger partial charge is 0.492 e. The summed E-state index contributed by atoms with van der Waals surface area (Å²) in [4.78, 5) is 2.17. The molecule has 5 nitrogen and oxygen atoms in total. The van der Waals surface area contributed by atoms with Crippen molar-refractivity contribution < 1.29 is 13.2 Å². The second kappa shape index (κ2) is 10.00. The predicted molar refractivity (Wildman–Crippen MR) is 125 cm³/mol. The highest BCUT2D eigenvalue weighted by atomic mass is 79.9. The van der Waals surface area contributed by atoms with Crippen molar-refractivity contribution in [2.75, 3.05) is 22.8 Å². The van der Waals surface area contributed by atoms with Gasteiger partial charge in [-0.3, -0.25) is 4.72 Å². The summed E-state index contributed by atoms with van der Waals surface area (Å²) in [5.41, 5.74) is 2.51. The number of nitrogens with zero attached hydrogens (tertiary/aromatic N) is 1. The molecule has 0 aliphatic heterocycles. The van der Waals surface area contributed by atoms with E-state index in [0.717, 1.165) is 11.3 Å². The highest BCUT2D eigenvalue weighted by Gasteiger charge is 2.21. The lowest BCUT2D eigenvalue weighted by Gasteiger charge is -2.24. The summed E-state index contributed by atoms with van der Waals surface area (Å²) < 4.78 is 34.9. The first-order valence-electron chi connectivity index (χ1n) is 9.56. The highest BCUT2D eigenvalue weighted by Crippen LogP contribution is 2.30. The fraction of sp³-hybridized carbons (Fsp3) is 0.174. The normalized spacial score (nSPS) is 11.2. The number of nitrogens with one attached hydrogen (secondary N) is 1. The van der Waals surface area contributed by atoms with Crippen LogP contribution in [0.5, 0.6) is 5.75 Å². The first kappa shape index (κ1) is 22.2. The number of rotatable bonds is 9. The fourth-order valence-electron chi connectivity index (χ4n) is 3.05. The minimum absolute atomic E-state index is 0.0856. The van der Waals surface area contributed by atoms with Crippen LogP contribution >= 0.6 is 15.9 Å². The Morgan fingerprint density at radius 2 is 1.80 bits per heavy atom. The predicted octanol–water partition coefficient (Wildman–Crippen LogP) is 5.49. The van der Waals surface area contributed by atoms with Gasteiger partial charge in [-0.05, 0) is 55.8 Å². The Kier molecular flexibility index (Phi) is 7.39. The van der Waals surface area contributed by atoms with E-state index in [-0.39, 0.29) is 4.90 Å². The number of anilines is 2. The minimum Gasteiger partial charge on any atom is -0.492 e. The van der Waals surface area contributed by atoms with Gasteiger partial charge < -0.3 is 9.64 Å². The van der Waals surface area contributed by atoms with Gasteiger partial charge in [0.2, 0.25) is 0 Å². The van der Waals surface area contributed by atoms with Gasteiger partial charge in [-0.2, -0.15) is 0 Å². The zero-order valence-electron chi connectivity index (χ0n) is 16.7. The Morgan fingerprint density at radius 1 is 1.03 bits per heavy atom. The van der Waals surface area contributed by atoms with Crippen LogP contribution in [0.15, 0.2) is 82.2 Å². The SMILES string of the molecule is [CH2]CN(Cc1ccccc1)c1cccc(NS(=O)(=O)c2cc(Br)ccc2OCC)c1. The van der Waals surface area contributed by atoms with Gasteiger partial charge in [0, 0.05) is 23.2 Å². The first-order valence-corrected chi connectivity index (χ1v) is 11.8. The molecule has 30 heavy (non-hydrogen) atoms. The van der Waals surface area contributed by atoms with Gasteiger partial charge in [-0.15, -0.1) is 0 Å². The number of benzene rings is 3. The van der Waals surface area contributed by atoms with E-state index in [1.807, 2.05) is 43.3 Å². The van der Waals surface area contributed by atoms with E-state index in [1.54, 1.807) is 18.2 Å². The lowest BCUT2D eigenvalue weighted by atomic mass is 10.2. The molecule has 3 aromatic carbocycles. The molecule has 0 amide bonds. The minimum atomic E-state index is -3.84. The molecule has 0 unspecified atom stereocenters. The third-order valence-electron chi connectivity index (χ3n) is 4.44. The van der Waals surface area contributed by atoms with Crippen LogP contribution in [0.1, 0.15) is 12.5 Å². The summed E-state index contributed by atoms with van der Waals surface area (Å²) in [5, 5.41) is 0. The van der Waals surface area contributed by atoms with Crippen molar-refractivity contribution in [3.63, 3.8) is 0 Å². The van der Waals surface area contributed by atoms with Crippen LogP contribution in [0.3, 0.4) is 0 Å². The Balaban J connectivity index is 1.86. The first-order chi connectivity index (χ1) is 14.4. The average Bonchev–Trinajstić information content (AvgIpc) is 2.74. The van der Waals surface area contributed by atoms with E-state index in [0.29, 0.717) is 35.6 Å². The third kappa shape index (κ3) is 5.55. The quantitative estimate of drug-likeness (QED) is 0.433. The molecule has 0 heterocycles.